The molecule has 0 spiro atoms. The van der Waals surface area contributed by atoms with Gasteiger partial charge in [0.1, 0.15) is 5.60 Å². The maximum absolute atomic E-state index is 12.6. The fourth-order valence-corrected chi connectivity index (χ4v) is 2.81. The molecule has 160 valence electrons. The van der Waals surface area contributed by atoms with Crippen molar-refractivity contribution < 1.29 is 23.6 Å². The molecule has 1 aliphatic heterocycles. The Balaban J connectivity index is 2.30. The number of amides is 2. The third-order valence-corrected chi connectivity index (χ3v) is 5.03. The van der Waals surface area contributed by atoms with E-state index in [4.69, 9.17) is 14.0 Å². The fraction of sp³-hybridized carbons (Fsp3) is 0.619. The maximum Gasteiger partial charge on any atom is 0.494 e. The molecule has 29 heavy (non-hydrogen) atoms. The average Bonchev–Trinajstić information content (AvgIpc) is 2.78. The minimum absolute atomic E-state index is 0.137. The lowest BCUT2D eigenvalue weighted by Gasteiger charge is -2.32. The van der Waals surface area contributed by atoms with Gasteiger partial charge in [0, 0.05) is 26.2 Å². The van der Waals surface area contributed by atoms with Gasteiger partial charge in [-0.25, -0.2) is 4.79 Å². The summed E-state index contributed by atoms with van der Waals surface area (Å²) in [7, 11) is 2.79. The van der Waals surface area contributed by atoms with E-state index in [-0.39, 0.29) is 12.5 Å². The summed E-state index contributed by atoms with van der Waals surface area (Å²) >= 11 is 0. The van der Waals surface area contributed by atoms with Gasteiger partial charge in [0.2, 0.25) is 0 Å². The van der Waals surface area contributed by atoms with E-state index in [0.717, 1.165) is 11.0 Å². The molecule has 0 atom stereocenters. The van der Waals surface area contributed by atoms with Gasteiger partial charge in [-0.1, -0.05) is 6.07 Å². The summed E-state index contributed by atoms with van der Waals surface area (Å²) in [5, 5.41) is 2.73. The largest absolute Gasteiger partial charge is 0.494 e. The second-order valence-corrected chi connectivity index (χ2v) is 9.61. The highest BCUT2D eigenvalue weighted by atomic mass is 16.7. The Morgan fingerprint density at radius 1 is 1.07 bits per heavy atom. The Morgan fingerprint density at radius 3 is 2.10 bits per heavy atom. The molecule has 8 heteroatoms. The van der Waals surface area contributed by atoms with Crippen LogP contribution in [-0.4, -0.2) is 54.9 Å². The van der Waals surface area contributed by atoms with E-state index in [1.807, 2.05) is 33.8 Å². The minimum Gasteiger partial charge on any atom is -0.444 e. The Kier molecular flexibility index (Phi) is 6.40. The summed E-state index contributed by atoms with van der Waals surface area (Å²) in [4.78, 5) is 26.1. The summed E-state index contributed by atoms with van der Waals surface area (Å²) in [5.41, 5.74) is 0.428. The lowest BCUT2D eigenvalue weighted by molar-refractivity contribution is 0.00578. The maximum atomic E-state index is 12.6. The van der Waals surface area contributed by atoms with Crippen LogP contribution in [0.4, 0.5) is 4.79 Å². The molecule has 0 saturated carbocycles. The summed E-state index contributed by atoms with van der Waals surface area (Å²) in [5.74, 6) is -0.137. The predicted octanol–water partition coefficient (Wildman–Crippen LogP) is 2.71. The number of nitrogens with one attached hydrogen (secondary N) is 1. The number of carbonyl (C=O) groups excluding carboxylic acids is 2. The van der Waals surface area contributed by atoms with Crippen molar-refractivity contribution in [1.82, 2.24) is 10.2 Å². The highest BCUT2D eigenvalue weighted by molar-refractivity contribution is 6.62. The first kappa shape index (κ1) is 23.2. The van der Waals surface area contributed by atoms with Crippen LogP contribution in [0.1, 0.15) is 64.4 Å². The quantitative estimate of drug-likeness (QED) is 0.781. The first-order valence-electron chi connectivity index (χ1n) is 9.79. The zero-order valence-electron chi connectivity index (χ0n) is 19.0. The zero-order valence-corrected chi connectivity index (χ0v) is 19.0. The highest BCUT2D eigenvalue weighted by Gasteiger charge is 2.51. The van der Waals surface area contributed by atoms with Crippen molar-refractivity contribution in [3.8, 4) is 0 Å². The standard InChI is InChI=1S/C21H33BN2O5/c1-19(2,3)27-18(26)23-13-14-10-15(17(25)24(8)9)12-16(11-14)22-28-20(4,5)21(6,7)29-22/h10-12H,13H2,1-9H3,(H,23,26). The smallest absolute Gasteiger partial charge is 0.444 e. The van der Waals surface area contributed by atoms with Crippen molar-refractivity contribution in [2.45, 2.75) is 71.8 Å². The predicted molar refractivity (Wildman–Crippen MR) is 113 cm³/mol. The van der Waals surface area contributed by atoms with Crippen LogP contribution in [0.15, 0.2) is 18.2 Å². The van der Waals surface area contributed by atoms with Gasteiger partial charge in [0.15, 0.2) is 0 Å². The van der Waals surface area contributed by atoms with E-state index in [1.54, 1.807) is 47.0 Å². The Labute approximate surface area is 174 Å². The molecule has 1 fully saturated rings. The molecule has 2 rings (SSSR count). The van der Waals surface area contributed by atoms with Gasteiger partial charge in [-0.3, -0.25) is 4.79 Å². The Hall–Kier alpha value is -2.06. The van der Waals surface area contributed by atoms with Crippen molar-refractivity contribution in [3.63, 3.8) is 0 Å². The van der Waals surface area contributed by atoms with Crippen LogP contribution >= 0.6 is 0 Å². The van der Waals surface area contributed by atoms with Crippen molar-refractivity contribution in [3.05, 3.63) is 29.3 Å². The van der Waals surface area contributed by atoms with E-state index in [0.29, 0.717) is 5.56 Å². The van der Waals surface area contributed by atoms with E-state index in [1.165, 1.54) is 4.90 Å². The number of alkyl carbamates (subject to hydrolysis) is 1. The zero-order chi connectivity index (χ0) is 22.2. The molecular weight excluding hydrogens is 371 g/mol. The first-order valence-corrected chi connectivity index (χ1v) is 9.79. The van der Waals surface area contributed by atoms with Crippen LogP contribution in [-0.2, 0) is 20.6 Å². The summed E-state index contributed by atoms with van der Waals surface area (Å²) in [6.07, 6.45) is -0.515. The molecule has 0 aromatic heterocycles. The minimum atomic E-state index is -0.602. The number of hydrogen-bond donors (Lipinski definition) is 1. The van der Waals surface area contributed by atoms with Gasteiger partial charge in [-0.2, -0.15) is 0 Å². The fourth-order valence-electron chi connectivity index (χ4n) is 2.81. The average molecular weight is 404 g/mol. The van der Waals surface area contributed by atoms with Gasteiger partial charge in [0.25, 0.3) is 5.91 Å². The molecule has 1 aromatic rings. The number of hydrogen-bond acceptors (Lipinski definition) is 5. The lowest BCUT2D eigenvalue weighted by atomic mass is 9.77. The molecule has 2 amide bonds. The molecule has 0 radical (unpaired) electrons. The molecule has 1 N–H and O–H groups in total. The van der Waals surface area contributed by atoms with E-state index in [2.05, 4.69) is 5.32 Å². The molecule has 0 aliphatic carbocycles. The van der Waals surface area contributed by atoms with Crippen molar-refractivity contribution in [2.75, 3.05) is 14.1 Å². The van der Waals surface area contributed by atoms with Crippen LogP contribution in [0.5, 0.6) is 0 Å². The lowest BCUT2D eigenvalue weighted by Crippen LogP contribution is -2.41. The van der Waals surface area contributed by atoms with Crippen molar-refractivity contribution >= 4 is 24.6 Å². The van der Waals surface area contributed by atoms with Crippen LogP contribution in [0.25, 0.3) is 0 Å². The summed E-state index contributed by atoms with van der Waals surface area (Å²) in [6, 6.07) is 5.42. The number of ether oxygens (including phenoxy) is 1. The number of benzene rings is 1. The molecule has 1 aromatic carbocycles. The van der Waals surface area contributed by atoms with E-state index >= 15 is 0 Å². The molecule has 7 nitrogen and oxygen atoms in total. The summed E-state index contributed by atoms with van der Waals surface area (Å²) in [6.45, 7) is 13.5. The van der Waals surface area contributed by atoms with Crippen LogP contribution in [0.3, 0.4) is 0 Å². The van der Waals surface area contributed by atoms with Gasteiger partial charge in [0.05, 0.1) is 11.2 Å². The second-order valence-electron chi connectivity index (χ2n) is 9.61. The third kappa shape index (κ3) is 5.73. The van der Waals surface area contributed by atoms with Gasteiger partial charge in [-0.15, -0.1) is 0 Å². The Morgan fingerprint density at radius 2 is 1.62 bits per heavy atom. The van der Waals surface area contributed by atoms with Crippen LogP contribution in [0.2, 0.25) is 0 Å². The number of carbonyl (C=O) groups is 2. The summed E-state index contributed by atoms with van der Waals surface area (Å²) < 4.78 is 17.6. The second kappa shape index (κ2) is 7.99. The normalized spacial score (nSPS) is 17.8. The van der Waals surface area contributed by atoms with Gasteiger partial charge >= 0.3 is 13.2 Å². The molecule has 1 aliphatic rings. The van der Waals surface area contributed by atoms with Gasteiger partial charge < -0.3 is 24.3 Å². The topological polar surface area (TPSA) is 77.1 Å². The number of rotatable bonds is 4. The SMILES string of the molecule is CN(C)C(=O)c1cc(CNC(=O)OC(C)(C)C)cc(B2OC(C)(C)C(C)(C)O2)c1. The van der Waals surface area contributed by atoms with Crippen molar-refractivity contribution in [2.24, 2.45) is 0 Å². The third-order valence-electron chi connectivity index (χ3n) is 5.03. The number of nitrogens with zero attached hydrogens (tertiary/aromatic N) is 1. The van der Waals surface area contributed by atoms with Crippen LogP contribution < -0.4 is 10.8 Å². The molecule has 1 saturated heterocycles. The Bertz CT molecular complexity index is 768. The van der Waals surface area contributed by atoms with Crippen molar-refractivity contribution in [1.29, 1.82) is 0 Å². The van der Waals surface area contributed by atoms with E-state index in [9.17, 15) is 9.59 Å². The molecule has 0 unspecified atom stereocenters. The molecule has 0 bridgehead atoms. The first-order chi connectivity index (χ1) is 13.1. The van der Waals surface area contributed by atoms with E-state index < -0.39 is 30.0 Å². The molecule has 1 heterocycles. The highest BCUT2D eigenvalue weighted by Crippen LogP contribution is 2.36. The van der Waals surface area contributed by atoms with Crippen LogP contribution in [0, 0.1) is 0 Å². The monoisotopic (exact) mass is 404 g/mol. The molecular formula is C21H33BN2O5. The van der Waals surface area contributed by atoms with Gasteiger partial charge in [-0.05, 0) is 71.6 Å².